The Balaban J connectivity index is 2.80. The van der Waals surface area contributed by atoms with Crippen LogP contribution in [0.1, 0.15) is 25.3 Å². The molecule has 0 radical (unpaired) electrons. The van der Waals surface area contributed by atoms with Gasteiger partial charge in [-0.3, -0.25) is 0 Å². The Bertz CT molecular complexity index is 312. The Labute approximate surface area is 99.1 Å². The number of aryl methyl sites for hydroxylation is 1. The van der Waals surface area contributed by atoms with Gasteiger partial charge in [-0.15, -0.1) is 0 Å². The summed E-state index contributed by atoms with van der Waals surface area (Å²) in [5.41, 5.74) is 1.21. The van der Waals surface area contributed by atoms with Gasteiger partial charge >= 0.3 is 0 Å². The minimum absolute atomic E-state index is 0.812. The van der Waals surface area contributed by atoms with E-state index in [2.05, 4.69) is 26.1 Å². The Morgan fingerprint density at radius 1 is 1.33 bits per heavy atom. The van der Waals surface area contributed by atoms with Gasteiger partial charge < -0.3 is 4.43 Å². The minimum atomic E-state index is -1.06. The van der Waals surface area contributed by atoms with Gasteiger partial charge in [0.25, 0.3) is 0 Å². The first kappa shape index (κ1) is 12.6. The molecule has 0 aliphatic heterocycles. The van der Waals surface area contributed by atoms with Crippen molar-refractivity contribution in [1.29, 1.82) is 0 Å². The highest BCUT2D eigenvalue weighted by atomic mass is 35.5. The van der Waals surface area contributed by atoms with Crippen LogP contribution in [0.2, 0.25) is 18.1 Å². The highest BCUT2D eigenvalue weighted by Crippen LogP contribution is 2.29. The molecule has 0 spiro atoms. The molecular formula is C12H19ClOSi. The van der Waals surface area contributed by atoms with Gasteiger partial charge in [-0.05, 0) is 37.6 Å². The average molecular weight is 243 g/mol. The van der Waals surface area contributed by atoms with Gasteiger partial charge in [-0.1, -0.05) is 37.1 Å². The van der Waals surface area contributed by atoms with Crippen molar-refractivity contribution in [2.45, 2.75) is 39.3 Å². The molecular weight excluding hydrogens is 224 g/mol. The maximum Gasteiger partial charge on any atom is 0.229 e. The first-order valence-corrected chi connectivity index (χ1v) is 8.75. The molecule has 0 aliphatic carbocycles. The fourth-order valence-electron chi connectivity index (χ4n) is 1.46. The molecule has 0 aromatic heterocycles. The van der Waals surface area contributed by atoms with E-state index in [-0.39, 0.29) is 0 Å². The number of hydrogen-bond acceptors (Lipinski definition) is 1. The van der Waals surface area contributed by atoms with Crippen LogP contribution in [0.5, 0.6) is 5.75 Å². The van der Waals surface area contributed by atoms with E-state index in [9.17, 15) is 0 Å². The van der Waals surface area contributed by atoms with Crippen LogP contribution in [-0.4, -0.2) is 9.04 Å². The largest absolute Gasteiger partial charge is 0.546 e. The molecule has 0 atom stereocenters. The lowest BCUT2D eigenvalue weighted by molar-refractivity contribution is 0.579. The smallest absolute Gasteiger partial charge is 0.229 e. The molecule has 84 valence electrons. The van der Waals surface area contributed by atoms with Gasteiger partial charge in [0.05, 0.1) is 5.02 Å². The highest BCUT2D eigenvalue weighted by molar-refractivity contribution is 6.49. The molecule has 0 amide bonds. The van der Waals surface area contributed by atoms with Crippen LogP contribution in [0.25, 0.3) is 0 Å². The van der Waals surface area contributed by atoms with E-state index in [1.54, 1.807) is 0 Å². The van der Waals surface area contributed by atoms with Crippen LogP contribution in [0, 0.1) is 0 Å². The van der Waals surface area contributed by atoms with Crippen molar-refractivity contribution in [2.24, 2.45) is 0 Å². The van der Waals surface area contributed by atoms with Crippen LogP contribution in [-0.2, 0) is 6.42 Å². The number of hydrogen-bond donors (Lipinski definition) is 0. The molecule has 0 bridgehead atoms. The zero-order valence-electron chi connectivity index (χ0n) is 9.72. The Kier molecular flexibility index (Phi) is 5.19. The van der Waals surface area contributed by atoms with Gasteiger partial charge in [-0.25, -0.2) is 0 Å². The van der Waals surface area contributed by atoms with E-state index in [1.807, 2.05) is 12.1 Å². The van der Waals surface area contributed by atoms with E-state index in [4.69, 9.17) is 16.0 Å². The van der Waals surface area contributed by atoms with Gasteiger partial charge in [0.2, 0.25) is 9.04 Å². The lowest BCUT2D eigenvalue weighted by Gasteiger charge is -2.13. The normalized spacial score (nSPS) is 10.7. The lowest BCUT2D eigenvalue weighted by atomic mass is 10.1. The molecule has 15 heavy (non-hydrogen) atoms. The SMILES string of the molecule is CCCCc1cccc(O[SiH](C)C)c1Cl. The van der Waals surface area contributed by atoms with E-state index in [0.29, 0.717) is 0 Å². The van der Waals surface area contributed by atoms with Crippen molar-refractivity contribution < 1.29 is 4.43 Å². The van der Waals surface area contributed by atoms with Crippen LogP contribution in [0.4, 0.5) is 0 Å². The van der Waals surface area contributed by atoms with E-state index in [1.165, 1.54) is 18.4 Å². The Morgan fingerprint density at radius 2 is 2.07 bits per heavy atom. The summed E-state index contributed by atoms with van der Waals surface area (Å²) in [5, 5.41) is 0.812. The topological polar surface area (TPSA) is 9.23 Å². The zero-order valence-corrected chi connectivity index (χ0v) is 11.6. The molecule has 1 nitrogen and oxygen atoms in total. The summed E-state index contributed by atoms with van der Waals surface area (Å²) >= 11 is 6.29. The highest BCUT2D eigenvalue weighted by Gasteiger charge is 2.08. The fraction of sp³-hybridized carbons (Fsp3) is 0.500. The Morgan fingerprint density at radius 3 is 2.67 bits per heavy atom. The third-order valence-corrected chi connectivity index (χ3v) is 3.36. The standard InChI is InChI=1S/C12H19ClOSi/c1-4-5-7-10-8-6-9-11(12(10)13)14-15(2)3/h6,8-9,15H,4-5,7H2,1-3H3. The van der Waals surface area contributed by atoms with Crippen LogP contribution in [0.3, 0.4) is 0 Å². The number of rotatable bonds is 5. The van der Waals surface area contributed by atoms with E-state index in [0.717, 1.165) is 17.2 Å². The van der Waals surface area contributed by atoms with Gasteiger partial charge in [-0.2, -0.15) is 0 Å². The third-order valence-electron chi connectivity index (χ3n) is 2.21. The van der Waals surface area contributed by atoms with Crippen molar-refractivity contribution >= 4 is 20.6 Å². The fourth-order valence-corrected chi connectivity index (χ4v) is 2.51. The summed E-state index contributed by atoms with van der Waals surface area (Å²) in [6.45, 7) is 6.49. The minimum Gasteiger partial charge on any atom is -0.546 e. The zero-order chi connectivity index (χ0) is 11.3. The monoisotopic (exact) mass is 242 g/mol. The summed E-state index contributed by atoms with van der Waals surface area (Å²) in [7, 11) is -1.06. The number of halogens is 1. The van der Waals surface area contributed by atoms with Crippen molar-refractivity contribution in [3.05, 3.63) is 28.8 Å². The van der Waals surface area contributed by atoms with Crippen LogP contribution < -0.4 is 4.43 Å². The number of unbranched alkanes of at least 4 members (excludes halogenated alkanes) is 1. The van der Waals surface area contributed by atoms with Crippen molar-refractivity contribution in [3.8, 4) is 5.75 Å². The molecule has 3 heteroatoms. The Hall–Kier alpha value is -0.473. The molecule has 0 saturated carbocycles. The lowest BCUT2D eigenvalue weighted by Crippen LogP contribution is -2.11. The van der Waals surface area contributed by atoms with Gasteiger partial charge in [0.1, 0.15) is 5.75 Å². The predicted molar refractivity (Wildman–Crippen MR) is 69.6 cm³/mol. The second kappa shape index (κ2) is 6.18. The van der Waals surface area contributed by atoms with Crippen LogP contribution >= 0.6 is 11.6 Å². The average Bonchev–Trinajstić information content (AvgIpc) is 2.19. The second-order valence-electron chi connectivity index (χ2n) is 4.00. The summed E-state index contributed by atoms with van der Waals surface area (Å²) in [4.78, 5) is 0. The van der Waals surface area contributed by atoms with Crippen molar-refractivity contribution in [2.75, 3.05) is 0 Å². The summed E-state index contributed by atoms with van der Waals surface area (Å²) in [6.07, 6.45) is 3.43. The molecule has 0 heterocycles. The molecule has 0 aliphatic rings. The summed E-state index contributed by atoms with van der Waals surface area (Å²) < 4.78 is 5.77. The van der Waals surface area contributed by atoms with Crippen molar-refractivity contribution in [1.82, 2.24) is 0 Å². The molecule has 1 rings (SSSR count). The molecule has 0 fully saturated rings. The molecule has 0 saturated heterocycles. The number of benzene rings is 1. The first-order valence-electron chi connectivity index (χ1n) is 5.59. The van der Waals surface area contributed by atoms with Crippen LogP contribution in [0.15, 0.2) is 18.2 Å². The predicted octanol–water partition coefficient (Wildman–Crippen LogP) is 4.04. The third kappa shape index (κ3) is 3.88. The molecule has 1 aromatic rings. The maximum atomic E-state index is 6.29. The van der Waals surface area contributed by atoms with Crippen molar-refractivity contribution in [3.63, 3.8) is 0 Å². The maximum absolute atomic E-state index is 6.29. The summed E-state index contributed by atoms with van der Waals surface area (Å²) in [5.74, 6) is 0.868. The molecule has 0 unspecified atom stereocenters. The summed E-state index contributed by atoms with van der Waals surface area (Å²) in [6, 6.07) is 6.08. The van der Waals surface area contributed by atoms with Gasteiger partial charge in [0, 0.05) is 0 Å². The second-order valence-corrected chi connectivity index (χ2v) is 6.71. The quantitative estimate of drug-likeness (QED) is 0.708. The first-order chi connectivity index (χ1) is 7.15. The molecule has 1 aromatic carbocycles. The van der Waals surface area contributed by atoms with E-state index >= 15 is 0 Å². The molecule has 0 N–H and O–H groups in total. The van der Waals surface area contributed by atoms with Gasteiger partial charge in [0.15, 0.2) is 0 Å². The van der Waals surface area contributed by atoms with E-state index < -0.39 is 9.04 Å².